The Morgan fingerprint density at radius 1 is 1.37 bits per heavy atom. The number of carbonyl (C=O) groups is 1. The molecule has 1 atom stereocenters. The number of amides is 1. The van der Waals surface area contributed by atoms with Crippen molar-refractivity contribution in [3.05, 3.63) is 21.9 Å². The zero-order valence-corrected chi connectivity index (χ0v) is 17.9. The van der Waals surface area contributed by atoms with Gasteiger partial charge in [-0.05, 0) is 49.6 Å². The minimum Gasteiger partial charge on any atom is -0.378 e. The third kappa shape index (κ3) is 6.81. The molecule has 0 radical (unpaired) electrons. The maximum absolute atomic E-state index is 12.5. The van der Waals surface area contributed by atoms with Gasteiger partial charge in [-0.15, -0.1) is 11.3 Å². The Balaban J connectivity index is 1.82. The molecule has 1 aliphatic heterocycles. The fourth-order valence-electron chi connectivity index (χ4n) is 3.21. The number of nitrogens with one attached hydrogen (secondary N) is 2. The Bertz CT molecular complexity index is 615. The van der Waals surface area contributed by atoms with E-state index < -0.39 is 0 Å². The summed E-state index contributed by atoms with van der Waals surface area (Å²) in [6.45, 7) is 12.3. The van der Waals surface area contributed by atoms with E-state index in [0.29, 0.717) is 18.4 Å². The number of guanidine groups is 1. The van der Waals surface area contributed by atoms with Crippen molar-refractivity contribution in [2.75, 3.05) is 32.8 Å². The largest absolute Gasteiger partial charge is 0.378 e. The molecule has 7 heteroatoms. The summed E-state index contributed by atoms with van der Waals surface area (Å²) in [5, 5.41) is 8.65. The Kier molecular flexibility index (Phi) is 9.07. The van der Waals surface area contributed by atoms with Crippen LogP contribution in [-0.2, 0) is 22.5 Å². The lowest BCUT2D eigenvalue weighted by molar-refractivity contribution is -0.130. The molecule has 0 spiro atoms. The molecule has 2 N–H and O–H groups in total. The quantitative estimate of drug-likeness (QED) is 0.499. The van der Waals surface area contributed by atoms with E-state index in [1.165, 1.54) is 10.4 Å². The predicted octanol–water partition coefficient (Wildman–Crippen LogP) is 2.64. The smallest absolute Gasteiger partial charge is 0.244 e. The highest BCUT2D eigenvalue weighted by Crippen LogP contribution is 2.23. The summed E-state index contributed by atoms with van der Waals surface area (Å²) in [6, 6.07) is 2.12. The summed E-state index contributed by atoms with van der Waals surface area (Å²) in [5.41, 5.74) is 1.28. The third-order valence-electron chi connectivity index (χ3n) is 4.72. The van der Waals surface area contributed by atoms with Gasteiger partial charge in [-0.1, -0.05) is 13.8 Å². The van der Waals surface area contributed by atoms with Crippen LogP contribution in [0, 0.1) is 5.92 Å². The Morgan fingerprint density at radius 2 is 2.19 bits per heavy atom. The van der Waals surface area contributed by atoms with Gasteiger partial charge in [0, 0.05) is 37.7 Å². The molecule has 0 aromatic carbocycles. The van der Waals surface area contributed by atoms with Crippen molar-refractivity contribution in [2.45, 2.75) is 53.2 Å². The topological polar surface area (TPSA) is 66.0 Å². The van der Waals surface area contributed by atoms with Crippen molar-refractivity contribution in [1.82, 2.24) is 15.5 Å². The number of ether oxygens (including phenoxy) is 1. The van der Waals surface area contributed by atoms with Crippen molar-refractivity contribution in [2.24, 2.45) is 10.9 Å². The van der Waals surface area contributed by atoms with E-state index in [1.807, 2.05) is 18.7 Å². The molecule has 0 fully saturated rings. The second-order valence-electron chi connectivity index (χ2n) is 7.08. The van der Waals surface area contributed by atoms with Gasteiger partial charge in [0.25, 0.3) is 0 Å². The maximum Gasteiger partial charge on any atom is 0.244 e. The minimum absolute atomic E-state index is 0.0819. The first-order valence-electron chi connectivity index (χ1n) is 10.0. The van der Waals surface area contributed by atoms with Crippen molar-refractivity contribution in [3.63, 3.8) is 0 Å². The van der Waals surface area contributed by atoms with Gasteiger partial charge in [0.15, 0.2) is 5.96 Å². The molecule has 1 unspecified atom stereocenters. The molecule has 0 saturated carbocycles. The molecule has 1 aliphatic rings. The normalized spacial score (nSPS) is 15.6. The molecule has 0 aliphatic carbocycles. The molecule has 1 aromatic rings. The highest BCUT2D eigenvalue weighted by Gasteiger charge is 2.21. The Morgan fingerprint density at radius 3 is 2.89 bits per heavy atom. The molecule has 2 rings (SSSR count). The van der Waals surface area contributed by atoms with Gasteiger partial charge < -0.3 is 20.3 Å². The van der Waals surface area contributed by atoms with Crippen LogP contribution < -0.4 is 10.6 Å². The summed E-state index contributed by atoms with van der Waals surface area (Å²) in [6.07, 6.45) is 2.10. The SMILES string of the molecule is CCNC(=NCC(=O)N1CCc2sccc2C1)NCCC(OCC)C(C)C. The molecule has 1 amide bonds. The lowest BCUT2D eigenvalue weighted by Crippen LogP contribution is -2.41. The van der Waals surface area contributed by atoms with E-state index >= 15 is 0 Å². The zero-order chi connectivity index (χ0) is 19.6. The van der Waals surface area contributed by atoms with E-state index in [4.69, 9.17) is 4.74 Å². The average molecular weight is 395 g/mol. The van der Waals surface area contributed by atoms with Gasteiger partial charge in [0.2, 0.25) is 5.91 Å². The summed E-state index contributed by atoms with van der Waals surface area (Å²) >= 11 is 1.78. The van der Waals surface area contributed by atoms with Crippen LogP contribution in [0.25, 0.3) is 0 Å². The molecule has 0 saturated heterocycles. The number of fused-ring (bicyclic) bond motifs is 1. The molecular weight excluding hydrogens is 360 g/mol. The van der Waals surface area contributed by atoms with Gasteiger partial charge in [-0.25, -0.2) is 4.99 Å². The summed E-state index contributed by atoms with van der Waals surface area (Å²) in [4.78, 5) is 20.3. The molecule has 1 aromatic heterocycles. The first kappa shape index (κ1) is 21.7. The minimum atomic E-state index is 0.0819. The van der Waals surface area contributed by atoms with Crippen LogP contribution in [0.15, 0.2) is 16.4 Å². The van der Waals surface area contributed by atoms with Crippen LogP contribution in [0.2, 0.25) is 0 Å². The average Bonchev–Trinajstić information content (AvgIpc) is 3.12. The second kappa shape index (κ2) is 11.3. The fraction of sp³-hybridized carbons (Fsp3) is 0.700. The lowest BCUT2D eigenvalue weighted by atomic mass is 10.0. The highest BCUT2D eigenvalue weighted by molar-refractivity contribution is 7.10. The molecule has 6 nitrogen and oxygen atoms in total. The predicted molar refractivity (Wildman–Crippen MR) is 112 cm³/mol. The standard InChI is InChI=1S/C20H34N4O2S/c1-5-21-20(22-10-7-17(15(3)4)26-6-2)23-13-19(25)24-11-8-18-16(14-24)9-12-27-18/h9,12,15,17H,5-8,10-11,13-14H2,1-4H3,(H2,21,22,23). The first-order valence-corrected chi connectivity index (χ1v) is 10.9. The van der Waals surface area contributed by atoms with Crippen molar-refractivity contribution in [3.8, 4) is 0 Å². The third-order valence-corrected chi connectivity index (χ3v) is 5.75. The van der Waals surface area contributed by atoms with E-state index in [0.717, 1.165) is 39.1 Å². The van der Waals surface area contributed by atoms with Gasteiger partial charge in [0.05, 0.1) is 6.10 Å². The second-order valence-corrected chi connectivity index (χ2v) is 8.08. The van der Waals surface area contributed by atoms with Crippen molar-refractivity contribution < 1.29 is 9.53 Å². The van der Waals surface area contributed by atoms with Gasteiger partial charge in [-0.3, -0.25) is 4.79 Å². The molecular formula is C20H34N4O2S. The monoisotopic (exact) mass is 394 g/mol. The fourth-order valence-corrected chi connectivity index (χ4v) is 4.10. The first-order chi connectivity index (χ1) is 13.0. The van der Waals surface area contributed by atoms with Crippen LogP contribution in [-0.4, -0.2) is 55.7 Å². The molecule has 152 valence electrons. The number of thiophene rings is 1. The molecule has 27 heavy (non-hydrogen) atoms. The number of nitrogens with zero attached hydrogens (tertiary/aromatic N) is 2. The van der Waals surface area contributed by atoms with E-state index in [9.17, 15) is 4.79 Å². The summed E-state index contributed by atoms with van der Waals surface area (Å²) < 4.78 is 5.78. The van der Waals surface area contributed by atoms with Crippen LogP contribution in [0.1, 0.15) is 44.6 Å². The van der Waals surface area contributed by atoms with E-state index in [2.05, 4.69) is 40.9 Å². The Labute approximate surface area is 167 Å². The van der Waals surface area contributed by atoms with Gasteiger partial charge >= 0.3 is 0 Å². The van der Waals surface area contributed by atoms with Crippen molar-refractivity contribution >= 4 is 23.2 Å². The van der Waals surface area contributed by atoms with Gasteiger partial charge in [-0.2, -0.15) is 0 Å². The van der Waals surface area contributed by atoms with Crippen LogP contribution in [0.5, 0.6) is 0 Å². The number of hydrogen-bond acceptors (Lipinski definition) is 4. The van der Waals surface area contributed by atoms with Crippen LogP contribution in [0.3, 0.4) is 0 Å². The Hall–Kier alpha value is -1.60. The van der Waals surface area contributed by atoms with Crippen LogP contribution >= 0.6 is 11.3 Å². The number of carbonyl (C=O) groups excluding carboxylic acids is 1. The highest BCUT2D eigenvalue weighted by atomic mass is 32.1. The van der Waals surface area contributed by atoms with Gasteiger partial charge in [0.1, 0.15) is 6.54 Å². The summed E-state index contributed by atoms with van der Waals surface area (Å²) in [7, 11) is 0. The van der Waals surface area contributed by atoms with Crippen molar-refractivity contribution in [1.29, 1.82) is 0 Å². The zero-order valence-electron chi connectivity index (χ0n) is 17.1. The molecule has 2 heterocycles. The van der Waals surface area contributed by atoms with E-state index in [1.54, 1.807) is 11.3 Å². The number of rotatable bonds is 9. The van der Waals surface area contributed by atoms with E-state index in [-0.39, 0.29) is 18.6 Å². The maximum atomic E-state index is 12.5. The number of aliphatic imine (C=N–C) groups is 1. The summed E-state index contributed by atoms with van der Waals surface area (Å²) in [5.74, 6) is 1.26. The number of hydrogen-bond donors (Lipinski definition) is 2. The molecule has 0 bridgehead atoms. The lowest BCUT2D eigenvalue weighted by Gasteiger charge is -2.26. The van der Waals surface area contributed by atoms with Crippen LogP contribution in [0.4, 0.5) is 0 Å².